The van der Waals surface area contributed by atoms with E-state index in [1.807, 2.05) is 36.4 Å². The summed E-state index contributed by atoms with van der Waals surface area (Å²) in [4.78, 5) is 12.3. The van der Waals surface area contributed by atoms with Gasteiger partial charge in [-0.15, -0.1) is 0 Å². The van der Waals surface area contributed by atoms with Gasteiger partial charge in [0.25, 0.3) is 0 Å². The molecule has 0 unspecified atom stereocenters. The van der Waals surface area contributed by atoms with Crippen LogP contribution in [0.25, 0.3) is 0 Å². The van der Waals surface area contributed by atoms with Gasteiger partial charge < -0.3 is 15.2 Å². The number of hydrogen-bond donors (Lipinski definition) is 1. The molecule has 0 radical (unpaired) electrons. The SMILES string of the molecule is CC(C)(COc1cccc(C#N)c1N)C(=O)OCc1ccccc1. The molecule has 0 bridgehead atoms. The third-order valence-electron chi connectivity index (χ3n) is 3.54. The lowest BCUT2D eigenvalue weighted by Gasteiger charge is -2.23. The number of esters is 1. The lowest BCUT2D eigenvalue weighted by Crippen LogP contribution is -2.33. The van der Waals surface area contributed by atoms with Crippen molar-refractivity contribution in [2.24, 2.45) is 5.41 Å². The minimum atomic E-state index is -0.843. The van der Waals surface area contributed by atoms with E-state index < -0.39 is 5.41 Å². The summed E-state index contributed by atoms with van der Waals surface area (Å²) in [6, 6.07) is 16.4. The number of ether oxygens (including phenoxy) is 2. The molecule has 0 amide bonds. The number of para-hydroxylation sites is 1. The predicted octanol–water partition coefficient (Wildman–Crippen LogP) is 3.29. The number of rotatable bonds is 6. The van der Waals surface area contributed by atoms with Crippen molar-refractivity contribution < 1.29 is 14.3 Å². The van der Waals surface area contributed by atoms with E-state index in [1.54, 1.807) is 32.0 Å². The molecule has 5 heteroatoms. The summed E-state index contributed by atoms with van der Waals surface area (Å²) in [6.45, 7) is 3.80. The van der Waals surface area contributed by atoms with Crippen molar-refractivity contribution in [3.63, 3.8) is 0 Å². The molecule has 0 saturated heterocycles. The van der Waals surface area contributed by atoms with Crippen LogP contribution in [0.3, 0.4) is 0 Å². The van der Waals surface area contributed by atoms with Crippen LogP contribution in [0, 0.1) is 16.7 Å². The highest BCUT2D eigenvalue weighted by Gasteiger charge is 2.31. The topological polar surface area (TPSA) is 85.3 Å². The van der Waals surface area contributed by atoms with Crippen LogP contribution in [0.15, 0.2) is 48.5 Å². The van der Waals surface area contributed by atoms with Gasteiger partial charge in [-0.05, 0) is 31.5 Å². The minimum Gasteiger partial charge on any atom is -0.490 e. The molecule has 0 atom stereocenters. The van der Waals surface area contributed by atoms with Crippen molar-refractivity contribution >= 4 is 11.7 Å². The lowest BCUT2D eigenvalue weighted by molar-refractivity contribution is -0.157. The van der Waals surface area contributed by atoms with Gasteiger partial charge in [-0.3, -0.25) is 4.79 Å². The van der Waals surface area contributed by atoms with Crippen LogP contribution in [-0.4, -0.2) is 12.6 Å². The number of carbonyl (C=O) groups is 1. The van der Waals surface area contributed by atoms with Crippen molar-refractivity contribution in [1.29, 1.82) is 5.26 Å². The van der Waals surface area contributed by atoms with E-state index in [0.29, 0.717) is 11.3 Å². The van der Waals surface area contributed by atoms with E-state index in [0.717, 1.165) is 5.56 Å². The van der Waals surface area contributed by atoms with Gasteiger partial charge in [-0.1, -0.05) is 36.4 Å². The highest BCUT2D eigenvalue weighted by Crippen LogP contribution is 2.27. The smallest absolute Gasteiger partial charge is 0.315 e. The summed E-state index contributed by atoms with van der Waals surface area (Å²) in [5.41, 5.74) is 6.57. The molecular formula is C19H20N2O3. The summed E-state index contributed by atoms with van der Waals surface area (Å²) < 4.78 is 11.0. The first-order valence-corrected chi connectivity index (χ1v) is 7.56. The van der Waals surface area contributed by atoms with E-state index in [2.05, 4.69) is 0 Å². The van der Waals surface area contributed by atoms with E-state index in [1.165, 1.54) is 0 Å². The van der Waals surface area contributed by atoms with Crippen LogP contribution in [0.2, 0.25) is 0 Å². The molecule has 0 heterocycles. The number of hydrogen-bond acceptors (Lipinski definition) is 5. The summed E-state index contributed by atoms with van der Waals surface area (Å²) >= 11 is 0. The fraction of sp³-hybridized carbons (Fsp3) is 0.263. The van der Waals surface area contributed by atoms with Crippen LogP contribution in [0.4, 0.5) is 5.69 Å². The molecular weight excluding hydrogens is 304 g/mol. The monoisotopic (exact) mass is 324 g/mol. The second-order valence-corrected chi connectivity index (χ2v) is 6.06. The second kappa shape index (κ2) is 7.51. The molecule has 5 nitrogen and oxygen atoms in total. The van der Waals surface area contributed by atoms with Crippen LogP contribution in [0.5, 0.6) is 5.75 Å². The Kier molecular flexibility index (Phi) is 5.43. The normalized spacial score (nSPS) is 10.7. The third-order valence-corrected chi connectivity index (χ3v) is 3.54. The van der Waals surface area contributed by atoms with Gasteiger partial charge in [0.05, 0.1) is 16.7 Å². The van der Waals surface area contributed by atoms with Gasteiger partial charge in [0, 0.05) is 0 Å². The molecule has 2 aromatic carbocycles. The maximum absolute atomic E-state index is 12.3. The Morgan fingerprint density at radius 1 is 1.17 bits per heavy atom. The van der Waals surface area contributed by atoms with Gasteiger partial charge >= 0.3 is 5.97 Å². The van der Waals surface area contributed by atoms with Gasteiger partial charge in [-0.2, -0.15) is 5.26 Å². The molecule has 2 rings (SSSR count). The summed E-state index contributed by atoms with van der Waals surface area (Å²) in [6.07, 6.45) is 0. The zero-order valence-electron chi connectivity index (χ0n) is 13.8. The molecule has 0 aromatic heterocycles. The first kappa shape index (κ1) is 17.4. The first-order valence-electron chi connectivity index (χ1n) is 7.56. The van der Waals surface area contributed by atoms with Crippen LogP contribution < -0.4 is 10.5 Å². The highest BCUT2D eigenvalue weighted by atomic mass is 16.5. The Bertz CT molecular complexity index is 749. The zero-order chi connectivity index (χ0) is 17.6. The largest absolute Gasteiger partial charge is 0.490 e. The first-order chi connectivity index (χ1) is 11.4. The quantitative estimate of drug-likeness (QED) is 0.651. The maximum atomic E-state index is 12.3. The second-order valence-electron chi connectivity index (χ2n) is 6.06. The van der Waals surface area contributed by atoms with Crippen molar-refractivity contribution in [1.82, 2.24) is 0 Å². The number of anilines is 1. The Morgan fingerprint density at radius 2 is 1.88 bits per heavy atom. The predicted molar refractivity (Wildman–Crippen MR) is 91.1 cm³/mol. The molecule has 0 fully saturated rings. The molecule has 124 valence electrons. The van der Waals surface area contributed by atoms with Crippen LogP contribution in [-0.2, 0) is 16.1 Å². The Labute approximate surface area is 141 Å². The summed E-state index contributed by atoms with van der Waals surface area (Å²) in [5.74, 6) is 0.0272. The van der Waals surface area contributed by atoms with E-state index >= 15 is 0 Å². The van der Waals surface area contributed by atoms with Gasteiger partial charge in [-0.25, -0.2) is 0 Å². The lowest BCUT2D eigenvalue weighted by atomic mass is 9.95. The summed E-state index contributed by atoms with van der Waals surface area (Å²) in [5, 5.41) is 8.98. The number of nitrogen functional groups attached to an aromatic ring is 1. The summed E-state index contributed by atoms with van der Waals surface area (Å²) in [7, 11) is 0. The van der Waals surface area contributed by atoms with Crippen molar-refractivity contribution in [3.05, 3.63) is 59.7 Å². The van der Waals surface area contributed by atoms with E-state index in [-0.39, 0.29) is 24.9 Å². The van der Waals surface area contributed by atoms with Gasteiger partial charge in [0.15, 0.2) is 0 Å². The van der Waals surface area contributed by atoms with Gasteiger partial charge in [0.1, 0.15) is 25.0 Å². The number of nitrogens with two attached hydrogens (primary N) is 1. The highest BCUT2D eigenvalue weighted by molar-refractivity contribution is 5.76. The Hall–Kier alpha value is -3.00. The minimum absolute atomic E-state index is 0.0969. The molecule has 0 saturated carbocycles. The molecule has 24 heavy (non-hydrogen) atoms. The fourth-order valence-corrected chi connectivity index (χ4v) is 2.00. The number of carbonyl (C=O) groups excluding carboxylic acids is 1. The number of nitriles is 1. The fourth-order valence-electron chi connectivity index (χ4n) is 2.00. The Balaban J connectivity index is 1.95. The van der Waals surface area contributed by atoms with E-state index in [4.69, 9.17) is 20.5 Å². The van der Waals surface area contributed by atoms with Gasteiger partial charge in [0.2, 0.25) is 0 Å². The zero-order valence-corrected chi connectivity index (χ0v) is 13.8. The van der Waals surface area contributed by atoms with Crippen LogP contribution >= 0.6 is 0 Å². The number of nitrogens with zero attached hydrogens (tertiary/aromatic N) is 1. The van der Waals surface area contributed by atoms with Crippen molar-refractivity contribution in [2.75, 3.05) is 12.3 Å². The molecule has 0 aliphatic rings. The van der Waals surface area contributed by atoms with Crippen molar-refractivity contribution in [3.8, 4) is 11.8 Å². The average Bonchev–Trinajstić information content (AvgIpc) is 2.59. The third kappa shape index (κ3) is 4.26. The van der Waals surface area contributed by atoms with Crippen molar-refractivity contribution in [2.45, 2.75) is 20.5 Å². The van der Waals surface area contributed by atoms with E-state index in [9.17, 15) is 4.79 Å². The molecule has 2 N–H and O–H groups in total. The molecule has 0 aliphatic carbocycles. The maximum Gasteiger partial charge on any atom is 0.315 e. The standard InChI is InChI=1S/C19H20N2O3/c1-19(2,18(22)23-12-14-7-4-3-5-8-14)13-24-16-10-6-9-15(11-20)17(16)21/h3-10H,12-13,21H2,1-2H3. The molecule has 0 aliphatic heterocycles. The van der Waals surface area contributed by atoms with Crippen LogP contribution in [0.1, 0.15) is 25.0 Å². The average molecular weight is 324 g/mol. The Morgan fingerprint density at radius 3 is 2.54 bits per heavy atom. The molecule has 2 aromatic rings. The number of benzene rings is 2. The molecule has 0 spiro atoms.